The van der Waals surface area contributed by atoms with Gasteiger partial charge in [0.05, 0.1) is 5.69 Å². The molecule has 0 spiro atoms. The van der Waals surface area contributed by atoms with E-state index in [1.54, 1.807) is 0 Å². The Kier molecular flexibility index (Phi) is 4.18. The van der Waals surface area contributed by atoms with Crippen molar-refractivity contribution in [1.29, 1.82) is 0 Å². The SMILES string of the molecule is CCNc1cccc(COc2ccc(C)cc2)n1. The molecule has 1 heterocycles. The fourth-order valence-corrected chi connectivity index (χ4v) is 1.63. The van der Waals surface area contributed by atoms with E-state index in [0.717, 1.165) is 23.8 Å². The zero-order valence-corrected chi connectivity index (χ0v) is 10.8. The van der Waals surface area contributed by atoms with Crippen LogP contribution in [0.2, 0.25) is 0 Å². The van der Waals surface area contributed by atoms with Gasteiger partial charge in [0.1, 0.15) is 18.2 Å². The maximum Gasteiger partial charge on any atom is 0.130 e. The van der Waals surface area contributed by atoms with Gasteiger partial charge in [0, 0.05) is 6.54 Å². The van der Waals surface area contributed by atoms with Gasteiger partial charge in [-0.2, -0.15) is 0 Å². The number of aromatic nitrogens is 1. The first-order valence-corrected chi connectivity index (χ1v) is 6.17. The first-order valence-electron chi connectivity index (χ1n) is 6.17. The molecule has 0 aliphatic carbocycles. The minimum Gasteiger partial charge on any atom is -0.487 e. The van der Waals surface area contributed by atoms with E-state index in [4.69, 9.17) is 4.74 Å². The van der Waals surface area contributed by atoms with Crippen molar-refractivity contribution in [2.24, 2.45) is 0 Å². The van der Waals surface area contributed by atoms with Crippen LogP contribution in [0.5, 0.6) is 5.75 Å². The summed E-state index contributed by atoms with van der Waals surface area (Å²) in [7, 11) is 0. The van der Waals surface area contributed by atoms with Crippen LogP contribution < -0.4 is 10.1 Å². The zero-order valence-electron chi connectivity index (χ0n) is 10.8. The highest BCUT2D eigenvalue weighted by atomic mass is 16.5. The summed E-state index contributed by atoms with van der Waals surface area (Å²) in [5, 5.41) is 3.19. The molecule has 0 amide bonds. The molecule has 0 saturated carbocycles. The van der Waals surface area contributed by atoms with Crippen LogP contribution in [0.25, 0.3) is 0 Å². The average molecular weight is 242 g/mol. The maximum atomic E-state index is 5.69. The Balaban J connectivity index is 1.97. The predicted molar refractivity (Wildman–Crippen MR) is 73.9 cm³/mol. The van der Waals surface area contributed by atoms with E-state index in [1.165, 1.54) is 5.56 Å². The summed E-state index contributed by atoms with van der Waals surface area (Å²) >= 11 is 0. The molecular weight excluding hydrogens is 224 g/mol. The van der Waals surface area contributed by atoms with Crippen molar-refractivity contribution in [2.45, 2.75) is 20.5 Å². The quantitative estimate of drug-likeness (QED) is 0.872. The molecule has 18 heavy (non-hydrogen) atoms. The van der Waals surface area contributed by atoms with E-state index < -0.39 is 0 Å². The molecule has 2 rings (SSSR count). The number of benzene rings is 1. The number of rotatable bonds is 5. The lowest BCUT2D eigenvalue weighted by atomic mass is 10.2. The van der Waals surface area contributed by atoms with E-state index in [9.17, 15) is 0 Å². The zero-order chi connectivity index (χ0) is 12.8. The number of pyridine rings is 1. The highest BCUT2D eigenvalue weighted by Gasteiger charge is 1.99. The number of hydrogen-bond donors (Lipinski definition) is 1. The molecule has 2 aromatic rings. The molecule has 0 fully saturated rings. The molecule has 0 atom stereocenters. The van der Waals surface area contributed by atoms with Crippen molar-refractivity contribution in [1.82, 2.24) is 4.98 Å². The minimum atomic E-state index is 0.488. The van der Waals surface area contributed by atoms with Crippen LogP contribution in [0.3, 0.4) is 0 Å². The molecule has 0 aliphatic rings. The summed E-state index contributed by atoms with van der Waals surface area (Å²) < 4.78 is 5.69. The summed E-state index contributed by atoms with van der Waals surface area (Å²) in [6, 6.07) is 13.9. The maximum absolute atomic E-state index is 5.69. The second kappa shape index (κ2) is 6.05. The third kappa shape index (κ3) is 3.48. The normalized spacial score (nSPS) is 10.1. The van der Waals surface area contributed by atoms with Gasteiger partial charge >= 0.3 is 0 Å². The molecule has 94 valence electrons. The lowest BCUT2D eigenvalue weighted by Crippen LogP contribution is -2.03. The molecule has 0 unspecified atom stereocenters. The average Bonchev–Trinajstić information content (AvgIpc) is 2.39. The molecule has 1 N–H and O–H groups in total. The summed E-state index contributed by atoms with van der Waals surface area (Å²) in [5.41, 5.74) is 2.16. The first kappa shape index (κ1) is 12.4. The second-order valence-electron chi connectivity index (χ2n) is 4.15. The Morgan fingerprint density at radius 3 is 2.61 bits per heavy atom. The van der Waals surface area contributed by atoms with Gasteiger partial charge in [-0.1, -0.05) is 23.8 Å². The van der Waals surface area contributed by atoms with Crippen LogP contribution in [0.4, 0.5) is 5.82 Å². The van der Waals surface area contributed by atoms with E-state index in [0.29, 0.717) is 6.61 Å². The standard InChI is InChI=1S/C15H18N2O/c1-3-16-15-6-4-5-13(17-15)11-18-14-9-7-12(2)8-10-14/h4-10H,3,11H2,1-2H3,(H,16,17). The number of nitrogens with one attached hydrogen (secondary N) is 1. The van der Waals surface area contributed by atoms with Gasteiger partial charge in [-0.3, -0.25) is 0 Å². The van der Waals surface area contributed by atoms with E-state index in [-0.39, 0.29) is 0 Å². The number of nitrogens with zero attached hydrogens (tertiary/aromatic N) is 1. The topological polar surface area (TPSA) is 34.1 Å². The smallest absolute Gasteiger partial charge is 0.130 e. The van der Waals surface area contributed by atoms with Crippen molar-refractivity contribution < 1.29 is 4.74 Å². The molecule has 1 aromatic heterocycles. The van der Waals surface area contributed by atoms with Crippen molar-refractivity contribution in [2.75, 3.05) is 11.9 Å². The van der Waals surface area contributed by atoms with Crippen LogP contribution >= 0.6 is 0 Å². The van der Waals surface area contributed by atoms with Crippen molar-refractivity contribution >= 4 is 5.82 Å². The summed E-state index contributed by atoms with van der Waals surface area (Å²) in [6.45, 7) is 5.47. The fourth-order valence-electron chi connectivity index (χ4n) is 1.63. The Hall–Kier alpha value is -2.03. The van der Waals surface area contributed by atoms with Gasteiger partial charge in [0.2, 0.25) is 0 Å². The molecule has 0 saturated heterocycles. The molecule has 1 aromatic carbocycles. The van der Waals surface area contributed by atoms with Crippen molar-refractivity contribution in [3.63, 3.8) is 0 Å². The summed E-state index contributed by atoms with van der Waals surface area (Å²) in [5.74, 6) is 1.76. The van der Waals surface area contributed by atoms with Gasteiger partial charge in [-0.15, -0.1) is 0 Å². The number of hydrogen-bond acceptors (Lipinski definition) is 3. The largest absolute Gasteiger partial charge is 0.487 e. The molecule has 3 heteroatoms. The molecule has 3 nitrogen and oxygen atoms in total. The van der Waals surface area contributed by atoms with Crippen LogP contribution in [0, 0.1) is 6.92 Å². The minimum absolute atomic E-state index is 0.488. The van der Waals surface area contributed by atoms with Gasteiger partial charge in [0.25, 0.3) is 0 Å². The van der Waals surface area contributed by atoms with Gasteiger partial charge in [-0.05, 0) is 38.1 Å². The Morgan fingerprint density at radius 1 is 1.11 bits per heavy atom. The van der Waals surface area contributed by atoms with E-state index >= 15 is 0 Å². The first-order chi connectivity index (χ1) is 8.78. The van der Waals surface area contributed by atoms with Crippen LogP contribution in [0.15, 0.2) is 42.5 Å². The lowest BCUT2D eigenvalue weighted by molar-refractivity contribution is 0.301. The molecule has 0 radical (unpaired) electrons. The second-order valence-corrected chi connectivity index (χ2v) is 4.15. The van der Waals surface area contributed by atoms with Crippen molar-refractivity contribution in [3.05, 3.63) is 53.7 Å². The highest BCUT2D eigenvalue weighted by molar-refractivity contribution is 5.35. The Labute approximate surface area is 108 Å². The van der Waals surface area contributed by atoms with E-state index in [1.807, 2.05) is 42.5 Å². The van der Waals surface area contributed by atoms with Gasteiger partial charge in [0.15, 0.2) is 0 Å². The van der Waals surface area contributed by atoms with E-state index in [2.05, 4.69) is 24.1 Å². The van der Waals surface area contributed by atoms with Crippen LogP contribution in [0.1, 0.15) is 18.2 Å². The number of aryl methyl sites for hydroxylation is 1. The van der Waals surface area contributed by atoms with Crippen molar-refractivity contribution in [3.8, 4) is 5.75 Å². The molecule has 0 aliphatic heterocycles. The predicted octanol–water partition coefficient (Wildman–Crippen LogP) is 3.40. The molecular formula is C15H18N2O. The highest BCUT2D eigenvalue weighted by Crippen LogP contribution is 2.13. The fraction of sp³-hybridized carbons (Fsp3) is 0.267. The molecule has 0 bridgehead atoms. The number of ether oxygens (including phenoxy) is 1. The van der Waals surface area contributed by atoms with Crippen LogP contribution in [-0.4, -0.2) is 11.5 Å². The third-order valence-corrected chi connectivity index (χ3v) is 2.57. The Morgan fingerprint density at radius 2 is 1.89 bits per heavy atom. The monoisotopic (exact) mass is 242 g/mol. The van der Waals surface area contributed by atoms with Gasteiger partial charge in [-0.25, -0.2) is 4.98 Å². The Bertz CT molecular complexity index is 494. The summed E-state index contributed by atoms with van der Waals surface area (Å²) in [6.07, 6.45) is 0. The van der Waals surface area contributed by atoms with Crippen LogP contribution in [-0.2, 0) is 6.61 Å². The summed E-state index contributed by atoms with van der Waals surface area (Å²) in [4.78, 5) is 4.46. The third-order valence-electron chi connectivity index (χ3n) is 2.57. The lowest BCUT2D eigenvalue weighted by Gasteiger charge is -2.08. The van der Waals surface area contributed by atoms with Gasteiger partial charge < -0.3 is 10.1 Å². The number of anilines is 1.